The third kappa shape index (κ3) is 2.17. The number of aromatic nitrogens is 1. The molecule has 2 aromatic carbocycles. The molecule has 0 atom stereocenters. The third-order valence-corrected chi connectivity index (χ3v) is 6.26. The maximum absolute atomic E-state index is 14.5. The van der Waals surface area contributed by atoms with Gasteiger partial charge in [-0.3, -0.25) is 0 Å². The first kappa shape index (κ1) is 15.4. The lowest BCUT2D eigenvalue weighted by molar-refractivity contribution is 0.577. The zero-order valence-corrected chi connectivity index (χ0v) is 14.0. The van der Waals surface area contributed by atoms with Crippen molar-refractivity contribution >= 4 is 20.9 Å². The van der Waals surface area contributed by atoms with Crippen molar-refractivity contribution in [1.29, 1.82) is 0 Å². The average molecular weight is 344 g/mol. The lowest BCUT2D eigenvalue weighted by atomic mass is 10.1. The SMILES string of the molecule is Cc1ccc(S(=O)(=O)n2c3c(c4cccc(F)c42)CNCC3)cc1. The van der Waals surface area contributed by atoms with Gasteiger partial charge in [-0.25, -0.2) is 16.8 Å². The molecule has 3 aromatic rings. The van der Waals surface area contributed by atoms with Gasteiger partial charge in [0, 0.05) is 30.6 Å². The van der Waals surface area contributed by atoms with Crippen LogP contribution >= 0.6 is 0 Å². The van der Waals surface area contributed by atoms with Crippen LogP contribution in [0.3, 0.4) is 0 Å². The van der Waals surface area contributed by atoms with Crippen molar-refractivity contribution < 1.29 is 12.8 Å². The van der Waals surface area contributed by atoms with Gasteiger partial charge in [0.25, 0.3) is 10.0 Å². The Bertz CT molecular complexity index is 1040. The van der Waals surface area contributed by atoms with Crippen molar-refractivity contribution in [2.45, 2.75) is 24.8 Å². The minimum atomic E-state index is -3.85. The van der Waals surface area contributed by atoms with Crippen molar-refractivity contribution in [2.24, 2.45) is 0 Å². The molecule has 24 heavy (non-hydrogen) atoms. The van der Waals surface area contributed by atoms with Gasteiger partial charge < -0.3 is 5.32 Å². The average Bonchev–Trinajstić information content (AvgIpc) is 2.92. The number of hydrogen-bond donors (Lipinski definition) is 1. The lowest BCUT2D eigenvalue weighted by Crippen LogP contribution is -2.26. The number of halogens is 1. The monoisotopic (exact) mass is 344 g/mol. The standard InChI is InChI=1S/C18H17FN2O2S/c1-12-5-7-13(8-6-12)24(22,23)21-17-9-10-20-11-15(17)14-3-2-4-16(19)18(14)21/h2-8,20H,9-11H2,1H3. The molecule has 0 unspecified atom stereocenters. The molecule has 1 aliphatic rings. The normalized spacial score (nSPS) is 14.8. The molecule has 2 heterocycles. The minimum Gasteiger partial charge on any atom is -0.312 e. The van der Waals surface area contributed by atoms with Crippen LogP contribution in [0.15, 0.2) is 47.4 Å². The van der Waals surface area contributed by atoms with E-state index in [1.807, 2.05) is 6.92 Å². The summed E-state index contributed by atoms with van der Waals surface area (Å²) < 4.78 is 42.2. The Hall–Kier alpha value is -2.18. The van der Waals surface area contributed by atoms with E-state index in [1.54, 1.807) is 36.4 Å². The first-order valence-corrected chi connectivity index (χ1v) is 9.28. The molecule has 6 heteroatoms. The smallest absolute Gasteiger partial charge is 0.268 e. The highest BCUT2D eigenvalue weighted by molar-refractivity contribution is 7.90. The Labute approximate surface area is 140 Å². The molecule has 1 aliphatic heterocycles. The summed E-state index contributed by atoms with van der Waals surface area (Å²) in [6, 6.07) is 11.4. The van der Waals surface area contributed by atoms with Gasteiger partial charge in [0.15, 0.2) is 0 Å². The Morgan fingerprint density at radius 1 is 1.12 bits per heavy atom. The zero-order chi connectivity index (χ0) is 16.9. The van der Waals surface area contributed by atoms with Gasteiger partial charge >= 0.3 is 0 Å². The fourth-order valence-corrected chi connectivity index (χ4v) is 4.94. The summed E-state index contributed by atoms with van der Waals surface area (Å²) in [4.78, 5) is 0.176. The van der Waals surface area contributed by atoms with E-state index < -0.39 is 15.8 Å². The van der Waals surface area contributed by atoms with Gasteiger partial charge in [-0.2, -0.15) is 0 Å². The zero-order valence-electron chi connectivity index (χ0n) is 13.2. The van der Waals surface area contributed by atoms with Crippen LogP contribution in [0, 0.1) is 12.7 Å². The van der Waals surface area contributed by atoms with E-state index in [1.165, 1.54) is 10.0 Å². The highest BCUT2D eigenvalue weighted by Crippen LogP contribution is 2.33. The fraction of sp³-hybridized carbons (Fsp3) is 0.222. The van der Waals surface area contributed by atoms with Crippen LogP contribution in [-0.4, -0.2) is 18.9 Å². The van der Waals surface area contributed by atoms with E-state index in [0.717, 1.165) is 11.1 Å². The summed E-state index contributed by atoms with van der Waals surface area (Å²) >= 11 is 0. The van der Waals surface area contributed by atoms with E-state index in [2.05, 4.69) is 5.32 Å². The highest BCUT2D eigenvalue weighted by atomic mass is 32.2. The second-order valence-electron chi connectivity index (χ2n) is 6.07. The second-order valence-corrected chi connectivity index (χ2v) is 7.86. The van der Waals surface area contributed by atoms with Crippen LogP contribution in [0.1, 0.15) is 16.8 Å². The molecule has 0 saturated heterocycles. The number of aryl methyl sites for hydroxylation is 1. The maximum atomic E-state index is 14.5. The topological polar surface area (TPSA) is 51.1 Å². The van der Waals surface area contributed by atoms with Crippen molar-refractivity contribution in [3.8, 4) is 0 Å². The Balaban J connectivity index is 2.08. The third-order valence-electron chi connectivity index (χ3n) is 4.51. The van der Waals surface area contributed by atoms with Crippen LogP contribution < -0.4 is 5.32 Å². The van der Waals surface area contributed by atoms with Crippen LogP contribution in [0.2, 0.25) is 0 Å². The van der Waals surface area contributed by atoms with E-state index in [4.69, 9.17) is 0 Å². The number of nitrogens with one attached hydrogen (secondary N) is 1. The molecule has 0 bridgehead atoms. The molecule has 1 aromatic heterocycles. The number of rotatable bonds is 2. The van der Waals surface area contributed by atoms with Crippen LogP contribution in [0.4, 0.5) is 4.39 Å². The Morgan fingerprint density at radius 3 is 2.62 bits per heavy atom. The van der Waals surface area contributed by atoms with Crippen LogP contribution in [0.25, 0.3) is 10.9 Å². The minimum absolute atomic E-state index is 0.145. The van der Waals surface area contributed by atoms with Crippen LogP contribution in [0.5, 0.6) is 0 Å². The van der Waals surface area contributed by atoms with E-state index in [-0.39, 0.29) is 10.4 Å². The fourth-order valence-electron chi connectivity index (χ4n) is 3.33. The number of para-hydroxylation sites is 1. The van der Waals surface area contributed by atoms with Crippen molar-refractivity contribution in [2.75, 3.05) is 6.54 Å². The molecular formula is C18H17FN2O2S. The molecule has 4 rings (SSSR count). The Kier molecular flexibility index (Phi) is 3.47. The summed E-state index contributed by atoms with van der Waals surface area (Å²) in [7, 11) is -3.85. The molecule has 4 nitrogen and oxygen atoms in total. The molecule has 0 spiro atoms. The van der Waals surface area contributed by atoms with E-state index >= 15 is 0 Å². The number of nitrogens with zero attached hydrogens (tertiary/aromatic N) is 1. The summed E-state index contributed by atoms with van der Waals surface area (Å²) in [5.41, 5.74) is 2.66. The van der Waals surface area contributed by atoms with Crippen molar-refractivity contribution in [3.63, 3.8) is 0 Å². The Morgan fingerprint density at radius 2 is 1.88 bits per heavy atom. The summed E-state index contributed by atoms with van der Waals surface area (Å²) in [6.07, 6.45) is 0.550. The van der Waals surface area contributed by atoms with Gasteiger partial charge in [-0.05, 0) is 30.7 Å². The van der Waals surface area contributed by atoms with Crippen molar-refractivity contribution in [3.05, 3.63) is 65.1 Å². The van der Waals surface area contributed by atoms with Gasteiger partial charge in [0.2, 0.25) is 0 Å². The predicted octanol–water partition coefficient (Wildman–Crippen LogP) is 2.97. The molecule has 0 radical (unpaired) electrons. The lowest BCUT2D eigenvalue weighted by Gasteiger charge is -2.17. The summed E-state index contributed by atoms with van der Waals surface area (Å²) in [5.74, 6) is -0.516. The quantitative estimate of drug-likeness (QED) is 0.778. The summed E-state index contributed by atoms with van der Waals surface area (Å²) in [5, 5.41) is 3.89. The molecule has 0 fully saturated rings. The molecular weight excluding hydrogens is 327 g/mol. The molecule has 0 saturated carbocycles. The molecule has 124 valence electrons. The summed E-state index contributed by atoms with van der Waals surface area (Å²) in [6.45, 7) is 3.12. The molecule has 0 aliphatic carbocycles. The number of fused-ring (bicyclic) bond motifs is 3. The molecule has 1 N–H and O–H groups in total. The van der Waals surface area contributed by atoms with E-state index in [9.17, 15) is 12.8 Å². The first-order chi connectivity index (χ1) is 11.5. The predicted molar refractivity (Wildman–Crippen MR) is 91.1 cm³/mol. The second kappa shape index (κ2) is 5.43. The molecule has 0 amide bonds. The largest absolute Gasteiger partial charge is 0.312 e. The maximum Gasteiger partial charge on any atom is 0.268 e. The first-order valence-electron chi connectivity index (χ1n) is 7.84. The van der Waals surface area contributed by atoms with Gasteiger partial charge in [0.05, 0.1) is 4.90 Å². The van der Waals surface area contributed by atoms with Gasteiger partial charge in [-0.15, -0.1) is 0 Å². The van der Waals surface area contributed by atoms with Gasteiger partial charge in [-0.1, -0.05) is 29.8 Å². The number of benzene rings is 2. The number of hydrogen-bond acceptors (Lipinski definition) is 3. The van der Waals surface area contributed by atoms with Gasteiger partial charge in [0.1, 0.15) is 11.3 Å². The highest BCUT2D eigenvalue weighted by Gasteiger charge is 2.29. The van der Waals surface area contributed by atoms with E-state index in [0.29, 0.717) is 30.6 Å². The van der Waals surface area contributed by atoms with Crippen LogP contribution in [-0.2, 0) is 23.0 Å². The van der Waals surface area contributed by atoms with Crippen molar-refractivity contribution in [1.82, 2.24) is 9.29 Å².